The van der Waals surface area contributed by atoms with Gasteiger partial charge in [-0.15, -0.1) is 0 Å². The van der Waals surface area contributed by atoms with Crippen LogP contribution in [0.5, 0.6) is 0 Å². The highest BCUT2D eigenvalue weighted by Crippen LogP contribution is 2.49. The van der Waals surface area contributed by atoms with Crippen LogP contribution >= 0.6 is 0 Å². The van der Waals surface area contributed by atoms with Gasteiger partial charge in [0.2, 0.25) is 11.8 Å². The van der Waals surface area contributed by atoms with Crippen LogP contribution in [-0.2, 0) is 44.8 Å². The maximum absolute atomic E-state index is 13.5. The molecule has 1 atom stereocenters. The molecule has 2 heterocycles. The van der Waals surface area contributed by atoms with Gasteiger partial charge >= 0.3 is 5.97 Å². The summed E-state index contributed by atoms with van der Waals surface area (Å²) in [7, 11) is 0. The molecule has 8 heteroatoms. The first-order valence-electron chi connectivity index (χ1n) is 15.4. The lowest BCUT2D eigenvalue weighted by molar-refractivity contribution is -0.145. The van der Waals surface area contributed by atoms with Crippen molar-refractivity contribution in [2.45, 2.75) is 96.1 Å². The summed E-state index contributed by atoms with van der Waals surface area (Å²) in [4.78, 5) is 45.3. The molecule has 41 heavy (non-hydrogen) atoms. The van der Waals surface area contributed by atoms with E-state index in [2.05, 4.69) is 17.4 Å². The highest BCUT2D eigenvalue weighted by molar-refractivity contribution is 6.15. The molecule has 1 aromatic carbocycles. The van der Waals surface area contributed by atoms with E-state index in [-0.39, 0.29) is 25.0 Å². The molecule has 218 valence electrons. The van der Waals surface area contributed by atoms with E-state index >= 15 is 0 Å². The molecule has 2 fully saturated rings. The molecule has 8 nitrogen and oxygen atoms in total. The first-order chi connectivity index (χ1) is 19.8. The third-order valence-electron chi connectivity index (χ3n) is 9.58. The van der Waals surface area contributed by atoms with Crippen LogP contribution in [0.4, 0.5) is 5.69 Å². The number of aryl methyl sites for hydroxylation is 4. The smallest absolute Gasteiger partial charge is 0.326 e. The highest BCUT2D eigenvalue weighted by Gasteiger charge is 2.59. The van der Waals surface area contributed by atoms with E-state index in [1.807, 2.05) is 25.1 Å². The number of fused-ring (bicyclic) bond motifs is 2. The number of carbonyl (C=O) groups is 3. The topological polar surface area (TPSA) is 109 Å². The predicted molar refractivity (Wildman–Crippen MR) is 155 cm³/mol. The number of pyridine rings is 1. The number of aromatic nitrogens is 1. The van der Waals surface area contributed by atoms with Crippen molar-refractivity contribution in [3.05, 3.63) is 58.4 Å². The Balaban J connectivity index is 0.940. The van der Waals surface area contributed by atoms with Crippen LogP contribution in [0.15, 0.2) is 30.3 Å². The van der Waals surface area contributed by atoms with Gasteiger partial charge in [0, 0.05) is 36.6 Å². The fraction of sp³-hybridized carbons (Fsp3) is 0.576. The number of ether oxygens (including phenoxy) is 1. The fourth-order valence-corrected chi connectivity index (χ4v) is 6.69. The second-order valence-corrected chi connectivity index (χ2v) is 12.6. The fourth-order valence-electron chi connectivity index (χ4n) is 6.69. The van der Waals surface area contributed by atoms with Crippen LogP contribution in [-0.4, -0.2) is 53.2 Å². The van der Waals surface area contributed by atoms with Crippen LogP contribution in [0.3, 0.4) is 0 Å². The van der Waals surface area contributed by atoms with Crippen molar-refractivity contribution in [3.8, 4) is 0 Å². The molecule has 1 aliphatic heterocycles. The summed E-state index contributed by atoms with van der Waals surface area (Å²) in [6, 6.07) is 9.42. The molecule has 0 saturated heterocycles. The zero-order valence-corrected chi connectivity index (χ0v) is 24.0. The lowest BCUT2D eigenvalue weighted by Crippen LogP contribution is -2.50. The molecule has 2 N–H and O–H groups in total. The van der Waals surface area contributed by atoms with E-state index in [0.717, 1.165) is 61.8 Å². The van der Waals surface area contributed by atoms with Crippen LogP contribution in [0.1, 0.15) is 79.4 Å². The van der Waals surface area contributed by atoms with Gasteiger partial charge < -0.3 is 20.1 Å². The number of nitrogens with zero attached hydrogens (tertiary/aromatic N) is 2. The molecule has 0 bridgehead atoms. The van der Waals surface area contributed by atoms with E-state index in [0.29, 0.717) is 25.3 Å². The van der Waals surface area contributed by atoms with Crippen molar-refractivity contribution >= 4 is 23.5 Å². The Bertz CT molecular complexity index is 1330. The number of carboxylic acid groups (broad SMARTS) is 1. The Morgan fingerprint density at radius 1 is 1.10 bits per heavy atom. The highest BCUT2D eigenvalue weighted by atomic mass is 16.5. The van der Waals surface area contributed by atoms with Crippen molar-refractivity contribution in [1.82, 2.24) is 10.3 Å². The standard InChI is InChI=1S/C33H41N3O5/c1-21-6-8-24-12-16-36(29(24)18-21)32(40)33(14-15-33)31(39)35-28(30(37)38)13-17-41-26-19-22(20-26)7-10-25-11-9-23-4-2-3-5-27(23)34-25/h6,8-9,11,18,22,26,28H,2-5,7,10,12-17,19-20H2,1H3,(H,35,39)(H,37,38). The van der Waals surface area contributed by atoms with Gasteiger partial charge in [0.15, 0.2) is 0 Å². The zero-order valence-electron chi connectivity index (χ0n) is 24.0. The number of carboxylic acids is 1. The second kappa shape index (κ2) is 11.6. The molecule has 0 radical (unpaired) electrons. The van der Waals surface area contributed by atoms with Gasteiger partial charge in [-0.3, -0.25) is 14.6 Å². The summed E-state index contributed by atoms with van der Waals surface area (Å²) in [6.07, 6.45) is 10.8. The molecule has 2 saturated carbocycles. The van der Waals surface area contributed by atoms with Gasteiger partial charge in [-0.25, -0.2) is 4.79 Å². The number of hydrogen-bond donors (Lipinski definition) is 2. The van der Waals surface area contributed by atoms with E-state index < -0.39 is 23.3 Å². The predicted octanol–water partition coefficient (Wildman–Crippen LogP) is 4.33. The van der Waals surface area contributed by atoms with Crippen LogP contribution in [0.25, 0.3) is 0 Å². The first-order valence-corrected chi connectivity index (χ1v) is 15.4. The number of nitrogens with one attached hydrogen (secondary N) is 1. The van der Waals surface area contributed by atoms with Crippen molar-refractivity contribution in [2.24, 2.45) is 11.3 Å². The van der Waals surface area contributed by atoms with E-state index in [1.54, 1.807) is 4.90 Å². The van der Waals surface area contributed by atoms with Gasteiger partial charge in [0.25, 0.3) is 0 Å². The van der Waals surface area contributed by atoms with Gasteiger partial charge in [0.05, 0.1) is 6.10 Å². The molecule has 1 unspecified atom stereocenters. The van der Waals surface area contributed by atoms with Gasteiger partial charge in [0.1, 0.15) is 11.5 Å². The van der Waals surface area contributed by atoms with Crippen LogP contribution < -0.4 is 10.2 Å². The average Bonchev–Trinajstić information content (AvgIpc) is 3.66. The summed E-state index contributed by atoms with van der Waals surface area (Å²) in [6.45, 7) is 2.80. The average molecular weight is 560 g/mol. The number of hydrogen-bond acceptors (Lipinski definition) is 5. The number of rotatable bonds is 11. The first kappa shape index (κ1) is 27.9. The minimum absolute atomic E-state index is 0.136. The second-order valence-electron chi connectivity index (χ2n) is 12.6. The molecule has 2 amide bonds. The lowest BCUT2D eigenvalue weighted by Gasteiger charge is -2.35. The Hall–Kier alpha value is -3.26. The number of anilines is 1. The molecular formula is C33H41N3O5. The summed E-state index contributed by atoms with van der Waals surface area (Å²) in [5.74, 6) is -1.19. The van der Waals surface area contributed by atoms with Gasteiger partial charge in [-0.05, 0) is 112 Å². The number of carbonyl (C=O) groups excluding carboxylic acids is 2. The van der Waals surface area contributed by atoms with E-state index in [4.69, 9.17) is 9.72 Å². The van der Waals surface area contributed by atoms with Crippen molar-refractivity contribution in [1.29, 1.82) is 0 Å². The van der Waals surface area contributed by atoms with Crippen molar-refractivity contribution in [2.75, 3.05) is 18.1 Å². The molecule has 3 aliphatic carbocycles. The largest absolute Gasteiger partial charge is 0.480 e. The Labute approximate surface area is 241 Å². The molecule has 2 aromatic rings. The molecule has 0 spiro atoms. The third-order valence-corrected chi connectivity index (χ3v) is 9.58. The minimum Gasteiger partial charge on any atom is -0.480 e. The minimum atomic E-state index is -1.16. The number of aliphatic carboxylic acids is 1. The van der Waals surface area contributed by atoms with Gasteiger partial charge in [-0.2, -0.15) is 0 Å². The Kier molecular flexibility index (Phi) is 7.86. The zero-order chi connectivity index (χ0) is 28.6. The summed E-state index contributed by atoms with van der Waals surface area (Å²) >= 11 is 0. The van der Waals surface area contributed by atoms with Crippen molar-refractivity contribution < 1.29 is 24.2 Å². The van der Waals surface area contributed by atoms with E-state index in [1.165, 1.54) is 29.8 Å². The number of amides is 2. The van der Waals surface area contributed by atoms with E-state index in [9.17, 15) is 19.5 Å². The quantitative estimate of drug-likeness (QED) is 0.397. The Morgan fingerprint density at radius 2 is 1.88 bits per heavy atom. The molecular weight excluding hydrogens is 518 g/mol. The Morgan fingerprint density at radius 3 is 2.66 bits per heavy atom. The van der Waals surface area contributed by atoms with Crippen molar-refractivity contribution in [3.63, 3.8) is 0 Å². The summed E-state index contributed by atoms with van der Waals surface area (Å²) < 4.78 is 5.97. The SMILES string of the molecule is Cc1ccc2c(c1)N(C(=O)C1(C(=O)NC(CCOC3CC(CCc4ccc5c(n4)CCCC5)C3)C(=O)O)CC1)CC2. The normalized spacial score (nSPS) is 22.7. The monoisotopic (exact) mass is 559 g/mol. The van der Waals surface area contributed by atoms with Crippen LogP contribution in [0.2, 0.25) is 0 Å². The lowest BCUT2D eigenvalue weighted by atomic mass is 9.79. The maximum atomic E-state index is 13.5. The van der Waals surface area contributed by atoms with Gasteiger partial charge in [-0.1, -0.05) is 18.2 Å². The summed E-state index contributed by atoms with van der Waals surface area (Å²) in [5.41, 5.74) is 5.77. The third kappa shape index (κ3) is 5.89. The van der Waals surface area contributed by atoms with Crippen LogP contribution in [0, 0.1) is 18.3 Å². The maximum Gasteiger partial charge on any atom is 0.326 e. The summed E-state index contributed by atoms with van der Waals surface area (Å²) in [5, 5.41) is 12.4. The molecule has 1 aromatic heterocycles. The molecule has 6 rings (SSSR count). The number of benzene rings is 1. The molecule has 4 aliphatic rings.